The van der Waals surface area contributed by atoms with E-state index in [2.05, 4.69) is 22.0 Å². The van der Waals surface area contributed by atoms with Crippen molar-refractivity contribution in [2.45, 2.75) is 13.5 Å². The van der Waals surface area contributed by atoms with Gasteiger partial charge in [-0.15, -0.1) is 0 Å². The minimum Gasteiger partial charge on any atom is -0.493 e. The number of ether oxygens (including phenoxy) is 2. The van der Waals surface area contributed by atoms with Crippen LogP contribution in [0, 0.1) is 0 Å². The zero-order chi connectivity index (χ0) is 21.1. The van der Waals surface area contributed by atoms with Crippen LogP contribution in [0.4, 0.5) is 0 Å². The molecule has 1 aliphatic heterocycles. The van der Waals surface area contributed by atoms with Crippen molar-refractivity contribution in [2.24, 2.45) is 0 Å². The molecule has 1 amide bonds. The minimum atomic E-state index is -0.0983. The van der Waals surface area contributed by atoms with Gasteiger partial charge in [0.25, 0.3) is 5.91 Å². The van der Waals surface area contributed by atoms with Gasteiger partial charge in [-0.2, -0.15) is 0 Å². The van der Waals surface area contributed by atoms with Crippen LogP contribution < -0.4 is 14.8 Å². The monoisotopic (exact) mass is 421 g/mol. The molecule has 6 nitrogen and oxygen atoms in total. The summed E-state index contributed by atoms with van der Waals surface area (Å²) in [7, 11) is 1.63. The minimum absolute atomic E-state index is 0.0983. The molecule has 154 valence electrons. The molecule has 4 rings (SSSR count). The number of amides is 1. The molecule has 0 unspecified atom stereocenters. The molecule has 7 heteroatoms. The zero-order valence-electron chi connectivity index (χ0n) is 16.9. The van der Waals surface area contributed by atoms with Gasteiger partial charge in [-0.25, -0.2) is 0 Å². The Kier molecular flexibility index (Phi) is 5.72. The number of hydrogen-bond donors (Lipinski definition) is 1. The predicted molar refractivity (Wildman–Crippen MR) is 122 cm³/mol. The number of rotatable bonds is 7. The lowest BCUT2D eigenvalue weighted by Gasteiger charge is -2.11. The molecule has 30 heavy (non-hydrogen) atoms. The number of nitrogens with zero attached hydrogens (tertiary/aromatic N) is 2. The second kappa shape index (κ2) is 8.59. The third kappa shape index (κ3) is 3.76. The molecule has 1 aliphatic rings. The molecular weight excluding hydrogens is 398 g/mol. The highest BCUT2D eigenvalue weighted by molar-refractivity contribution is 7.80. The smallest absolute Gasteiger partial charge is 0.276 e. The van der Waals surface area contributed by atoms with Crippen LogP contribution in [0.1, 0.15) is 12.5 Å². The number of nitrogens with one attached hydrogen (secondary N) is 1. The summed E-state index contributed by atoms with van der Waals surface area (Å²) in [6, 6.07) is 15.7. The van der Waals surface area contributed by atoms with Crippen molar-refractivity contribution in [1.82, 2.24) is 14.8 Å². The molecular formula is C23H23N3O3S. The number of carbonyl (C=O) groups is 1. The van der Waals surface area contributed by atoms with Crippen LogP contribution in [0.2, 0.25) is 0 Å². The lowest BCUT2D eigenvalue weighted by atomic mass is 10.1. The van der Waals surface area contributed by atoms with Crippen LogP contribution in [0.5, 0.6) is 11.5 Å². The Hall–Kier alpha value is -3.32. The fourth-order valence-electron chi connectivity index (χ4n) is 3.58. The van der Waals surface area contributed by atoms with E-state index in [4.69, 9.17) is 21.7 Å². The standard InChI is InChI=1S/C23H23N3O3S/c1-3-26-22(27)18(24-23(26)30)14-16-15-25(19-9-5-4-8-17(16)19)12-13-29-21-11-7-6-10-20(21)28-2/h4-11,14-15H,3,12-13H2,1-2H3,(H,24,30)/b18-14-. The van der Waals surface area contributed by atoms with Crippen LogP contribution in [-0.4, -0.2) is 40.7 Å². The van der Waals surface area contributed by atoms with Gasteiger partial charge >= 0.3 is 0 Å². The summed E-state index contributed by atoms with van der Waals surface area (Å²) < 4.78 is 13.4. The largest absolute Gasteiger partial charge is 0.493 e. The lowest BCUT2D eigenvalue weighted by Crippen LogP contribution is -2.30. The number of benzene rings is 2. The normalized spacial score (nSPS) is 15.1. The average molecular weight is 422 g/mol. The third-order valence-electron chi connectivity index (χ3n) is 5.06. The number of likely N-dealkylation sites (N-methyl/N-ethyl adjacent to an activating group) is 1. The van der Waals surface area contributed by atoms with Crippen molar-refractivity contribution in [3.63, 3.8) is 0 Å². The van der Waals surface area contributed by atoms with E-state index in [-0.39, 0.29) is 5.91 Å². The van der Waals surface area contributed by atoms with E-state index in [0.717, 1.165) is 16.5 Å². The van der Waals surface area contributed by atoms with Gasteiger partial charge < -0.3 is 19.4 Å². The number of methoxy groups -OCH3 is 1. The topological polar surface area (TPSA) is 55.7 Å². The van der Waals surface area contributed by atoms with Gasteiger partial charge in [0.05, 0.1) is 13.7 Å². The molecule has 2 heterocycles. The van der Waals surface area contributed by atoms with E-state index in [9.17, 15) is 4.79 Å². The molecule has 0 aliphatic carbocycles. The molecule has 3 aromatic rings. The van der Waals surface area contributed by atoms with E-state index >= 15 is 0 Å². The second-order valence-electron chi connectivity index (χ2n) is 6.83. The van der Waals surface area contributed by atoms with E-state index in [1.807, 2.05) is 55.6 Å². The average Bonchev–Trinajstić information content (AvgIpc) is 3.25. The van der Waals surface area contributed by atoms with E-state index < -0.39 is 0 Å². The fourth-order valence-corrected chi connectivity index (χ4v) is 3.90. The quantitative estimate of drug-likeness (QED) is 0.465. The first-order chi connectivity index (χ1) is 14.6. The molecule has 0 saturated carbocycles. The van der Waals surface area contributed by atoms with Gasteiger partial charge in [0.1, 0.15) is 12.3 Å². The molecule has 1 aromatic heterocycles. The van der Waals surface area contributed by atoms with Crippen LogP contribution >= 0.6 is 12.2 Å². The number of hydrogen-bond acceptors (Lipinski definition) is 4. The Labute approximate surface area is 180 Å². The van der Waals surface area contributed by atoms with Gasteiger partial charge in [0, 0.05) is 29.2 Å². The van der Waals surface area contributed by atoms with Gasteiger partial charge in [-0.3, -0.25) is 9.69 Å². The van der Waals surface area contributed by atoms with E-state index in [1.54, 1.807) is 12.0 Å². The van der Waals surface area contributed by atoms with Crippen LogP contribution in [0.15, 0.2) is 60.4 Å². The molecule has 1 N–H and O–H groups in total. The van der Waals surface area contributed by atoms with Gasteiger partial charge in [0.15, 0.2) is 16.6 Å². The van der Waals surface area contributed by atoms with Crippen molar-refractivity contribution in [2.75, 3.05) is 20.3 Å². The van der Waals surface area contributed by atoms with Gasteiger partial charge in [0.2, 0.25) is 0 Å². The molecule has 0 spiro atoms. The molecule has 0 radical (unpaired) electrons. The van der Waals surface area contributed by atoms with Gasteiger partial charge in [-0.1, -0.05) is 30.3 Å². The molecule has 1 fully saturated rings. The molecule has 1 saturated heterocycles. The highest BCUT2D eigenvalue weighted by Gasteiger charge is 2.29. The Morgan fingerprint density at radius 3 is 2.57 bits per heavy atom. The summed E-state index contributed by atoms with van der Waals surface area (Å²) in [5.74, 6) is 1.33. The Morgan fingerprint density at radius 1 is 1.10 bits per heavy atom. The first-order valence-corrected chi connectivity index (χ1v) is 10.2. The maximum Gasteiger partial charge on any atom is 0.276 e. The number of para-hydroxylation sites is 3. The molecule has 2 aromatic carbocycles. The highest BCUT2D eigenvalue weighted by Crippen LogP contribution is 2.27. The summed E-state index contributed by atoms with van der Waals surface area (Å²) in [5.41, 5.74) is 2.53. The van der Waals surface area contributed by atoms with Crippen molar-refractivity contribution >= 4 is 40.2 Å². The summed E-state index contributed by atoms with van der Waals surface area (Å²) in [4.78, 5) is 14.1. The Morgan fingerprint density at radius 2 is 1.83 bits per heavy atom. The zero-order valence-corrected chi connectivity index (χ0v) is 17.7. The first-order valence-electron chi connectivity index (χ1n) is 9.80. The number of aromatic nitrogens is 1. The van der Waals surface area contributed by atoms with Crippen LogP contribution in [-0.2, 0) is 11.3 Å². The van der Waals surface area contributed by atoms with Crippen molar-refractivity contribution in [1.29, 1.82) is 0 Å². The number of fused-ring (bicyclic) bond motifs is 1. The maximum atomic E-state index is 12.6. The van der Waals surface area contributed by atoms with E-state index in [1.165, 1.54) is 0 Å². The molecule has 0 atom stereocenters. The van der Waals surface area contributed by atoms with Crippen molar-refractivity contribution < 1.29 is 14.3 Å². The number of carbonyl (C=O) groups excluding carboxylic acids is 1. The van der Waals surface area contributed by atoms with E-state index in [0.29, 0.717) is 42.0 Å². The fraction of sp³-hybridized carbons (Fsp3) is 0.217. The van der Waals surface area contributed by atoms with Crippen molar-refractivity contribution in [3.8, 4) is 11.5 Å². The summed E-state index contributed by atoms with van der Waals surface area (Å²) in [6.07, 6.45) is 3.90. The summed E-state index contributed by atoms with van der Waals surface area (Å²) >= 11 is 5.26. The highest BCUT2D eigenvalue weighted by atomic mass is 32.1. The van der Waals surface area contributed by atoms with Crippen LogP contribution in [0.3, 0.4) is 0 Å². The Bertz CT molecular complexity index is 1140. The number of thiocarbonyl (C=S) groups is 1. The summed E-state index contributed by atoms with van der Waals surface area (Å²) in [5, 5.41) is 4.54. The SMILES string of the molecule is CCN1C(=O)/C(=C/c2cn(CCOc3ccccc3OC)c3ccccc23)NC1=S. The molecule has 0 bridgehead atoms. The Balaban J connectivity index is 1.58. The van der Waals surface area contributed by atoms with Gasteiger partial charge in [-0.05, 0) is 43.4 Å². The summed E-state index contributed by atoms with van der Waals surface area (Å²) in [6.45, 7) is 3.59. The third-order valence-corrected chi connectivity index (χ3v) is 5.38. The predicted octanol–water partition coefficient (Wildman–Crippen LogP) is 3.81. The second-order valence-corrected chi connectivity index (χ2v) is 7.22. The van der Waals surface area contributed by atoms with Crippen LogP contribution in [0.25, 0.3) is 17.0 Å². The van der Waals surface area contributed by atoms with Crippen molar-refractivity contribution in [3.05, 3.63) is 66.0 Å². The first kappa shape index (κ1) is 20.0. The maximum absolute atomic E-state index is 12.6. The lowest BCUT2D eigenvalue weighted by molar-refractivity contribution is -0.122.